The van der Waals surface area contributed by atoms with Crippen LogP contribution in [0.4, 0.5) is 29.2 Å². The van der Waals surface area contributed by atoms with Gasteiger partial charge < -0.3 is 24.7 Å². The number of carbonyl (C=O) groups is 1. The summed E-state index contributed by atoms with van der Waals surface area (Å²) in [5.41, 5.74) is -0.504. The fourth-order valence-corrected chi connectivity index (χ4v) is 4.03. The lowest BCUT2D eigenvalue weighted by Crippen LogP contribution is -2.41. The van der Waals surface area contributed by atoms with Crippen molar-refractivity contribution in [3.8, 4) is 5.75 Å². The van der Waals surface area contributed by atoms with Crippen LogP contribution in [0.2, 0.25) is 0 Å². The van der Waals surface area contributed by atoms with Crippen molar-refractivity contribution in [1.29, 1.82) is 0 Å². The average Bonchev–Trinajstić information content (AvgIpc) is 3.56. The van der Waals surface area contributed by atoms with E-state index in [0.29, 0.717) is 32.0 Å². The number of aromatic nitrogens is 3. The van der Waals surface area contributed by atoms with Gasteiger partial charge in [0.05, 0.1) is 48.2 Å². The van der Waals surface area contributed by atoms with Gasteiger partial charge in [0, 0.05) is 31.3 Å². The fraction of sp³-hybridized carbons (Fsp3) is 0.409. The summed E-state index contributed by atoms with van der Waals surface area (Å²) in [7, 11) is 1.36. The van der Waals surface area contributed by atoms with Crippen LogP contribution in [0.3, 0.4) is 0 Å². The molecule has 1 saturated heterocycles. The van der Waals surface area contributed by atoms with Gasteiger partial charge >= 0.3 is 6.18 Å². The normalized spacial score (nSPS) is 16.7. The van der Waals surface area contributed by atoms with Crippen molar-refractivity contribution in [2.75, 3.05) is 38.7 Å². The van der Waals surface area contributed by atoms with Crippen LogP contribution < -0.4 is 10.1 Å². The first kappa shape index (κ1) is 22.4. The minimum absolute atomic E-state index is 0.00469. The Hall–Kier alpha value is -3.41. The van der Waals surface area contributed by atoms with Crippen LogP contribution in [0.5, 0.6) is 5.75 Å². The van der Waals surface area contributed by atoms with Crippen molar-refractivity contribution in [1.82, 2.24) is 19.9 Å². The topological polar surface area (TPSA) is 92.4 Å². The van der Waals surface area contributed by atoms with Crippen molar-refractivity contribution in [2.45, 2.75) is 24.9 Å². The number of ether oxygens (including phenoxy) is 2. The maximum absolute atomic E-state index is 14.9. The summed E-state index contributed by atoms with van der Waals surface area (Å²) < 4.78 is 65.9. The first-order valence-corrected chi connectivity index (χ1v) is 10.7. The van der Waals surface area contributed by atoms with Crippen LogP contribution in [-0.2, 0) is 10.9 Å². The minimum Gasteiger partial charge on any atom is -0.495 e. The minimum atomic E-state index is -4.55. The molecule has 1 aliphatic carbocycles. The van der Waals surface area contributed by atoms with E-state index in [1.54, 1.807) is 0 Å². The second-order valence-corrected chi connectivity index (χ2v) is 8.19. The average molecular weight is 479 g/mol. The number of morpholine rings is 1. The van der Waals surface area contributed by atoms with Gasteiger partial charge in [0.25, 0.3) is 5.91 Å². The zero-order valence-corrected chi connectivity index (χ0v) is 18.1. The number of H-pyrrole nitrogens is 1. The van der Waals surface area contributed by atoms with Crippen molar-refractivity contribution >= 4 is 28.6 Å². The molecule has 2 fully saturated rings. The molecule has 5 rings (SSSR count). The smallest absolute Gasteiger partial charge is 0.418 e. The van der Waals surface area contributed by atoms with Gasteiger partial charge in [-0.25, -0.2) is 9.37 Å². The second kappa shape index (κ2) is 8.42. The van der Waals surface area contributed by atoms with Gasteiger partial charge in [-0.3, -0.25) is 4.79 Å². The van der Waals surface area contributed by atoms with Crippen LogP contribution in [0.15, 0.2) is 18.3 Å². The summed E-state index contributed by atoms with van der Waals surface area (Å²) in [6, 6.07) is 2.37. The van der Waals surface area contributed by atoms with Gasteiger partial charge in [-0.2, -0.15) is 18.2 Å². The fourth-order valence-electron chi connectivity index (χ4n) is 4.03. The highest BCUT2D eigenvalue weighted by molar-refractivity contribution is 5.96. The van der Waals surface area contributed by atoms with Gasteiger partial charge in [0.1, 0.15) is 17.2 Å². The number of carbonyl (C=O) groups excluding carboxylic acids is 1. The Balaban J connectivity index is 1.50. The molecular weight excluding hydrogens is 458 g/mol. The van der Waals surface area contributed by atoms with Gasteiger partial charge in [0.15, 0.2) is 0 Å². The maximum Gasteiger partial charge on any atom is 0.418 e. The van der Waals surface area contributed by atoms with E-state index >= 15 is 0 Å². The van der Waals surface area contributed by atoms with Crippen LogP contribution in [-0.4, -0.2) is 59.2 Å². The number of halogens is 4. The number of fused-ring (bicyclic) bond motifs is 1. The molecule has 3 heterocycles. The highest BCUT2D eigenvalue weighted by atomic mass is 19.4. The zero-order valence-electron chi connectivity index (χ0n) is 18.1. The molecule has 1 amide bonds. The lowest BCUT2D eigenvalue weighted by atomic mass is 10.1. The molecule has 1 aliphatic heterocycles. The van der Waals surface area contributed by atoms with E-state index in [-0.39, 0.29) is 39.9 Å². The number of anilines is 2. The van der Waals surface area contributed by atoms with Gasteiger partial charge in [-0.05, 0) is 18.9 Å². The number of nitrogens with zero attached hydrogens (tertiary/aromatic N) is 3. The van der Waals surface area contributed by atoms with Crippen molar-refractivity contribution in [3.05, 3.63) is 41.0 Å². The number of aromatic amines is 1. The quantitative estimate of drug-likeness (QED) is 0.533. The second-order valence-electron chi connectivity index (χ2n) is 8.19. The van der Waals surface area contributed by atoms with Gasteiger partial charge in [-0.1, -0.05) is 0 Å². The number of alkyl halides is 3. The Morgan fingerprint density at radius 2 is 1.97 bits per heavy atom. The SMILES string of the molecule is COc1cc(C(=O)N2CCOCC2)c(F)cc1Nc1nc(C2CC2)c2c(C(F)(F)F)c[nH]c2n1. The summed E-state index contributed by atoms with van der Waals surface area (Å²) in [6.45, 7) is 1.47. The van der Waals surface area contributed by atoms with Gasteiger partial charge in [0.2, 0.25) is 5.95 Å². The molecule has 2 N–H and O–H groups in total. The monoisotopic (exact) mass is 479 g/mol. The predicted molar refractivity (Wildman–Crippen MR) is 114 cm³/mol. The molecular formula is C22H21F4N5O3. The van der Waals surface area contributed by atoms with E-state index in [2.05, 4.69) is 20.3 Å². The van der Waals surface area contributed by atoms with Crippen molar-refractivity contribution in [2.24, 2.45) is 0 Å². The molecule has 0 radical (unpaired) electrons. The lowest BCUT2D eigenvalue weighted by molar-refractivity contribution is -0.136. The number of hydrogen-bond acceptors (Lipinski definition) is 6. The zero-order chi connectivity index (χ0) is 24.0. The van der Waals surface area contributed by atoms with E-state index in [9.17, 15) is 22.4 Å². The van der Waals surface area contributed by atoms with E-state index in [1.165, 1.54) is 18.1 Å². The number of nitrogens with one attached hydrogen (secondary N) is 2. The largest absolute Gasteiger partial charge is 0.495 e. The number of amides is 1. The molecule has 0 atom stereocenters. The molecule has 3 aromatic rings. The first-order chi connectivity index (χ1) is 16.3. The van der Waals surface area contributed by atoms with Gasteiger partial charge in [-0.15, -0.1) is 0 Å². The Morgan fingerprint density at radius 3 is 2.62 bits per heavy atom. The Labute approximate surface area is 191 Å². The van der Waals surface area contributed by atoms with Crippen LogP contribution in [0.1, 0.15) is 40.4 Å². The summed E-state index contributed by atoms with van der Waals surface area (Å²) in [4.78, 5) is 25.3. The molecule has 12 heteroatoms. The van der Waals surface area contributed by atoms with Crippen molar-refractivity contribution < 1.29 is 31.8 Å². The molecule has 34 heavy (non-hydrogen) atoms. The Bertz CT molecular complexity index is 1250. The maximum atomic E-state index is 14.9. The molecule has 180 valence electrons. The highest BCUT2D eigenvalue weighted by Crippen LogP contribution is 2.46. The standard InChI is InChI=1S/C22H21F4N5O3/c1-33-16-8-12(20(32)31-4-6-34-7-5-31)14(23)9-15(16)28-21-29-18(11-2-3-11)17-13(22(24,25)26)10-27-19(17)30-21/h8-11H,2-7H2,1H3,(H2,27,28,29,30). The lowest BCUT2D eigenvalue weighted by Gasteiger charge is -2.27. The molecule has 1 aromatic carbocycles. The molecule has 1 saturated carbocycles. The van der Waals surface area contributed by atoms with Crippen LogP contribution in [0.25, 0.3) is 11.0 Å². The Kier molecular flexibility index (Phi) is 5.54. The van der Waals surface area contributed by atoms with Crippen molar-refractivity contribution in [3.63, 3.8) is 0 Å². The number of benzene rings is 1. The summed E-state index contributed by atoms with van der Waals surface area (Å²) in [6.07, 6.45) is -2.22. The van der Waals surface area contributed by atoms with E-state index < -0.39 is 23.5 Å². The third-order valence-corrected chi connectivity index (χ3v) is 5.89. The highest BCUT2D eigenvalue weighted by Gasteiger charge is 2.38. The van der Waals surface area contributed by atoms with E-state index in [4.69, 9.17) is 9.47 Å². The summed E-state index contributed by atoms with van der Waals surface area (Å²) >= 11 is 0. The van der Waals surface area contributed by atoms with Crippen LogP contribution >= 0.6 is 0 Å². The van der Waals surface area contributed by atoms with Crippen LogP contribution in [0, 0.1) is 5.82 Å². The molecule has 0 unspecified atom stereocenters. The molecule has 2 aromatic heterocycles. The first-order valence-electron chi connectivity index (χ1n) is 10.7. The molecule has 0 spiro atoms. The van der Waals surface area contributed by atoms with E-state index in [1.807, 2.05) is 0 Å². The third-order valence-electron chi connectivity index (χ3n) is 5.89. The summed E-state index contributed by atoms with van der Waals surface area (Å²) in [5, 5.41) is 2.79. The molecule has 0 bridgehead atoms. The number of methoxy groups -OCH3 is 1. The summed E-state index contributed by atoms with van der Waals surface area (Å²) in [5.74, 6) is -1.20. The molecule has 2 aliphatic rings. The predicted octanol–water partition coefficient (Wildman–Crippen LogP) is 4.22. The van der Waals surface area contributed by atoms with E-state index in [0.717, 1.165) is 25.1 Å². The molecule has 8 nitrogen and oxygen atoms in total. The third kappa shape index (κ3) is 4.13. The number of rotatable bonds is 5. The Morgan fingerprint density at radius 1 is 1.24 bits per heavy atom. The number of hydrogen-bond donors (Lipinski definition) is 2.